The first kappa shape index (κ1) is 20.1. The smallest absolute Gasteiger partial charge is 0.191 e. The van der Waals surface area contributed by atoms with Gasteiger partial charge in [0.05, 0.1) is 25.3 Å². The maximum Gasteiger partial charge on any atom is 0.191 e. The van der Waals surface area contributed by atoms with E-state index < -0.39 is 0 Å². The van der Waals surface area contributed by atoms with Crippen molar-refractivity contribution in [3.63, 3.8) is 0 Å². The summed E-state index contributed by atoms with van der Waals surface area (Å²) in [6.45, 7) is 9.88. The number of rotatable bonds is 6. The van der Waals surface area contributed by atoms with Crippen LogP contribution >= 0.6 is 0 Å². The largest absolute Gasteiger partial charge is 0.372 e. The first-order chi connectivity index (χ1) is 13.5. The summed E-state index contributed by atoms with van der Waals surface area (Å²) in [4.78, 5) is 15.8. The van der Waals surface area contributed by atoms with Gasteiger partial charge in [0.25, 0.3) is 0 Å². The number of guanidine groups is 1. The number of nitrogens with one attached hydrogen (secondary N) is 2. The number of aryl methyl sites for hydroxylation is 1. The fourth-order valence-electron chi connectivity index (χ4n) is 3.22. The molecule has 0 spiro atoms. The van der Waals surface area contributed by atoms with Gasteiger partial charge in [-0.1, -0.05) is 6.07 Å². The van der Waals surface area contributed by atoms with E-state index in [2.05, 4.69) is 61.6 Å². The maximum atomic E-state index is 5.80. The molecule has 3 rings (SSSR count). The Labute approximate surface area is 166 Å². The lowest BCUT2D eigenvalue weighted by molar-refractivity contribution is -0.00545. The van der Waals surface area contributed by atoms with Gasteiger partial charge in [0.15, 0.2) is 5.96 Å². The van der Waals surface area contributed by atoms with E-state index in [0.717, 1.165) is 42.8 Å². The molecule has 0 saturated carbocycles. The van der Waals surface area contributed by atoms with E-state index in [1.165, 1.54) is 0 Å². The predicted octanol–water partition coefficient (Wildman–Crippen LogP) is 1.08. The van der Waals surface area contributed by atoms with Crippen molar-refractivity contribution in [3.8, 4) is 0 Å². The molecule has 1 saturated heterocycles. The molecule has 0 aromatic carbocycles. The van der Waals surface area contributed by atoms with Crippen molar-refractivity contribution >= 4 is 11.8 Å². The molecule has 0 aliphatic carbocycles. The zero-order valence-electron chi connectivity index (χ0n) is 17.1. The number of anilines is 1. The van der Waals surface area contributed by atoms with Crippen LogP contribution in [-0.2, 0) is 24.9 Å². The molecule has 3 heterocycles. The summed E-state index contributed by atoms with van der Waals surface area (Å²) in [6, 6.07) is 4.15. The lowest BCUT2D eigenvalue weighted by atomic mass is 10.2. The van der Waals surface area contributed by atoms with Gasteiger partial charge in [0.2, 0.25) is 0 Å². The number of hydrogen-bond donors (Lipinski definition) is 2. The molecule has 1 aliphatic rings. The number of nitrogens with zero attached hydrogens (tertiary/aromatic N) is 6. The second kappa shape index (κ2) is 9.50. The normalized spacial score (nSPS) is 20.3. The SMILES string of the molecule is CCNC(=NCc1ccc(N2CC(C)OC(C)C2)nc1)NCc1ncnn1C. The first-order valence-corrected chi connectivity index (χ1v) is 9.75. The van der Waals surface area contributed by atoms with Crippen molar-refractivity contribution in [2.45, 2.75) is 46.1 Å². The molecule has 0 amide bonds. The Morgan fingerprint density at radius 1 is 1.21 bits per heavy atom. The standard InChI is InChI=1S/C19H30N8O/c1-5-20-19(23-10-18-24-13-25-26(18)4)22-9-16-6-7-17(21-8-16)27-11-14(2)28-15(3)12-27/h6-8,13-15H,5,9-12H2,1-4H3,(H2,20,22,23). The average molecular weight is 387 g/mol. The molecular formula is C19H30N8O. The summed E-state index contributed by atoms with van der Waals surface area (Å²) in [7, 11) is 1.87. The van der Waals surface area contributed by atoms with Crippen LogP contribution in [0.15, 0.2) is 29.6 Å². The molecule has 2 unspecified atom stereocenters. The summed E-state index contributed by atoms with van der Waals surface area (Å²) >= 11 is 0. The van der Waals surface area contributed by atoms with Crippen LogP contribution in [0.2, 0.25) is 0 Å². The van der Waals surface area contributed by atoms with E-state index in [9.17, 15) is 0 Å². The van der Waals surface area contributed by atoms with Crippen molar-refractivity contribution in [3.05, 3.63) is 36.0 Å². The third kappa shape index (κ3) is 5.41. The highest BCUT2D eigenvalue weighted by Crippen LogP contribution is 2.18. The average Bonchev–Trinajstić information content (AvgIpc) is 3.08. The molecule has 1 fully saturated rings. The van der Waals surface area contributed by atoms with Crippen molar-refractivity contribution in [1.29, 1.82) is 0 Å². The Balaban J connectivity index is 1.58. The monoisotopic (exact) mass is 386 g/mol. The van der Waals surface area contributed by atoms with Crippen LogP contribution in [-0.4, -0.2) is 57.6 Å². The number of aromatic nitrogens is 4. The zero-order chi connectivity index (χ0) is 19.9. The van der Waals surface area contributed by atoms with Gasteiger partial charge in [-0.25, -0.2) is 15.0 Å². The number of ether oxygens (including phenoxy) is 1. The van der Waals surface area contributed by atoms with Gasteiger partial charge in [-0.3, -0.25) is 4.68 Å². The van der Waals surface area contributed by atoms with Crippen LogP contribution < -0.4 is 15.5 Å². The topological polar surface area (TPSA) is 92.5 Å². The Bertz CT molecular complexity index is 762. The molecule has 2 atom stereocenters. The van der Waals surface area contributed by atoms with E-state index in [0.29, 0.717) is 13.1 Å². The minimum atomic E-state index is 0.220. The fourth-order valence-corrected chi connectivity index (χ4v) is 3.22. The maximum absolute atomic E-state index is 5.80. The van der Waals surface area contributed by atoms with Gasteiger partial charge in [-0.05, 0) is 32.4 Å². The van der Waals surface area contributed by atoms with E-state index in [4.69, 9.17) is 4.74 Å². The van der Waals surface area contributed by atoms with Crippen LogP contribution in [0.1, 0.15) is 32.2 Å². The molecular weight excluding hydrogens is 356 g/mol. The van der Waals surface area contributed by atoms with Crippen LogP contribution in [0.4, 0.5) is 5.82 Å². The van der Waals surface area contributed by atoms with Gasteiger partial charge < -0.3 is 20.3 Å². The van der Waals surface area contributed by atoms with E-state index in [-0.39, 0.29) is 12.2 Å². The van der Waals surface area contributed by atoms with Crippen molar-refractivity contribution in [2.24, 2.45) is 12.0 Å². The Hall–Kier alpha value is -2.68. The number of morpholine rings is 1. The molecule has 2 aromatic heterocycles. The third-order valence-corrected chi connectivity index (χ3v) is 4.54. The van der Waals surface area contributed by atoms with E-state index in [1.807, 2.05) is 20.2 Å². The number of aliphatic imine (C=N–C) groups is 1. The summed E-state index contributed by atoms with van der Waals surface area (Å²) in [5.41, 5.74) is 1.06. The Kier molecular flexibility index (Phi) is 6.80. The molecule has 9 nitrogen and oxygen atoms in total. The predicted molar refractivity (Wildman–Crippen MR) is 109 cm³/mol. The number of hydrogen-bond acceptors (Lipinski definition) is 6. The highest BCUT2D eigenvalue weighted by molar-refractivity contribution is 5.79. The zero-order valence-corrected chi connectivity index (χ0v) is 17.1. The molecule has 2 N–H and O–H groups in total. The van der Waals surface area contributed by atoms with Gasteiger partial charge in [-0.2, -0.15) is 5.10 Å². The van der Waals surface area contributed by atoms with Crippen LogP contribution in [0.25, 0.3) is 0 Å². The molecule has 0 radical (unpaired) electrons. The summed E-state index contributed by atoms with van der Waals surface area (Å²) in [5, 5.41) is 10.6. The fraction of sp³-hybridized carbons (Fsp3) is 0.579. The number of pyridine rings is 1. The van der Waals surface area contributed by atoms with Gasteiger partial charge in [0.1, 0.15) is 18.0 Å². The second-order valence-corrected chi connectivity index (χ2v) is 7.04. The molecule has 9 heteroatoms. The first-order valence-electron chi connectivity index (χ1n) is 9.75. The molecule has 1 aliphatic heterocycles. The molecule has 2 aromatic rings. The van der Waals surface area contributed by atoms with E-state index >= 15 is 0 Å². The quantitative estimate of drug-likeness (QED) is 0.567. The molecule has 152 valence electrons. The molecule has 0 bridgehead atoms. The highest BCUT2D eigenvalue weighted by Gasteiger charge is 2.22. The summed E-state index contributed by atoms with van der Waals surface area (Å²) < 4.78 is 7.54. The van der Waals surface area contributed by atoms with Crippen LogP contribution in [0.3, 0.4) is 0 Å². The summed E-state index contributed by atoms with van der Waals surface area (Å²) in [6.07, 6.45) is 3.88. The van der Waals surface area contributed by atoms with Crippen LogP contribution in [0, 0.1) is 0 Å². The van der Waals surface area contributed by atoms with Crippen LogP contribution in [0.5, 0.6) is 0 Å². The highest BCUT2D eigenvalue weighted by atomic mass is 16.5. The Morgan fingerprint density at radius 3 is 2.61 bits per heavy atom. The van der Waals surface area contributed by atoms with Crippen molar-refractivity contribution in [2.75, 3.05) is 24.5 Å². The lowest BCUT2D eigenvalue weighted by Crippen LogP contribution is -2.45. The summed E-state index contributed by atoms with van der Waals surface area (Å²) in [5.74, 6) is 2.58. The van der Waals surface area contributed by atoms with Gasteiger partial charge in [0, 0.05) is 32.9 Å². The van der Waals surface area contributed by atoms with Crippen molar-refractivity contribution in [1.82, 2.24) is 30.4 Å². The van der Waals surface area contributed by atoms with Gasteiger partial charge >= 0.3 is 0 Å². The Morgan fingerprint density at radius 2 is 2.00 bits per heavy atom. The lowest BCUT2D eigenvalue weighted by Gasteiger charge is -2.36. The van der Waals surface area contributed by atoms with E-state index in [1.54, 1.807) is 11.0 Å². The minimum absolute atomic E-state index is 0.220. The third-order valence-electron chi connectivity index (χ3n) is 4.54. The van der Waals surface area contributed by atoms with Gasteiger partial charge in [-0.15, -0.1) is 0 Å². The minimum Gasteiger partial charge on any atom is -0.372 e. The molecule has 28 heavy (non-hydrogen) atoms. The second-order valence-electron chi connectivity index (χ2n) is 7.04. The van der Waals surface area contributed by atoms with Crippen molar-refractivity contribution < 1.29 is 4.74 Å².